The van der Waals surface area contributed by atoms with Crippen molar-refractivity contribution in [3.8, 4) is 0 Å². The van der Waals surface area contributed by atoms with Crippen LogP contribution in [0.15, 0.2) is 12.2 Å². The highest BCUT2D eigenvalue weighted by Gasteiger charge is 2.19. The molecule has 11 heavy (non-hydrogen) atoms. The molecule has 1 saturated heterocycles. The van der Waals surface area contributed by atoms with E-state index in [1.54, 1.807) is 0 Å². The van der Waals surface area contributed by atoms with Crippen LogP contribution in [0, 0.1) is 0 Å². The lowest BCUT2D eigenvalue weighted by Gasteiger charge is -2.28. The first-order valence-corrected chi connectivity index (χ1v) is 3.05. The molecule has 0 saturated carbocycles. The number of carboxylic acids is 1. The zero-order chi connectivity index (χ0) is 8.27. The Hall–Kier alpha value is -1.36. The quantitative estimate of drug-likeness (QED) is 0.543. The van der Waals surface area contributed by atoms with Crippen LogP contribution in [0.2, 0.25) is 0 Å². The second kappa shape index (κ2) is 3.16. The highest BCUT2D eigenvalue weighted by molar-refractivity contribution is 5.93. The van der Waals surface area contributed by atoms with E-state index in [-0.39, 0.29) is 0 Å². The fourth-order valence-corrected chi connectivity index (χ4v) is 0.582. The van der Waals surface area contributed by atoms with Crippen LogP contribution in [0.3, 0.4) is 0 Å². The van der Waals surface area contributed by atoms with E-state index in [1.807, 2.05) is 0 Å². The molecule has 1 fully saturated rings. The van der Waals surface area contributed by atoms with Gasteiger partial charge in [0, 0.05) is 12.2 Å². The van der Waals surface area contributed by atoms with Gasteiger partial charge in [0.1, 0.15) is 0 Å². The summed E-state index contributed by atoms with van der Waals surface area (Å²) in [4.78, 5) is 25.4. The van der Waals surface area contributed by atoms with E-state index in [4.69, 9.17) is 5.11 Å². The van der Waals surface area contributed by atoms with Gasteiger partial charge in [0.2, 0.25) is 0 Å². The number of nitrogens with zero attached hydrogens (tertiary/aromatic N) is 1. The van der Waals surface area contributed by atoms with Crippen LogP contribution < -0.4 is 0 Å². The molecule has 1 N–H and O–H groups in total. The van der Waals surface area contributed by atoms with Gasteiger partial charge in [-0.2, -0.15) is 0 Å². The molecule has 0 aliphatic carbocycles. The highest BCUT2D eigenvalue weighted by Crippen LogP contribution is 2.02. The Morgan fingerprint density at radius 1 is 1.45 bits per heavy atom. The minimum Gasteiger partial charge on any atom is -0.478 e. The molecule has 0 aromatic rings. The lowest BCUT2D eigenvalue weighted by Crippen LogP contribution is -2.43. The lowest BCUT2D eigenvalue weighted by molar-refractivity contribution is -0.234. The number of hydroxylamine groups is 2. The zero-order valence-corrected chi connectivity index (χ0v) is 5.69. The molecule has 5 heteroatoms. The van der Waals surface area contributed by atoms with Gasteiger partial charge in [-0.05, 0) is 0 Å². The van der Waals surface area contributed by atoms with Crippen LogP contribution in [0.25, 0.3) is 0 Å². The number of hydrogen-bond donors (Lipinski definition) is 1. The van der Waals surface area contributed by atoms with Gasteiger partial charge in [0.05, 0.1) is 13.2 Å². The summed E-state index contributed by atoms with van der Waals surface area (Å²) in [6.45, 7) is 1.05. The van der Waals surface area contributed by atoms with Crippen molar-refractivity contribution in [2.75, 3.05) is 13.2 Å². The smallest absolute Gasteiger partial charge is 0.328 e. The number of rotatable bonds is 2. The Bertz CT molecular complexity index is 207. The predicted octanol–water partition coefficient (Wildman–Crippen LogP) is -0.599. The van der Waals surface area contributed by atoms with E-state index in [0.717, 1.165) is 17.2 Å². The van der Waals surface area contributed by atoms with Gasteiger partial charge in [0.25, 0.3) is 5.91 Å². The SMILES string of the molecule is O=C(O)/C=C/C(=O)N1CCO1. The molecule has 60 valence electrons. The minimum absolute atomic E-state index is 0.432. The van der Waals surface area contributed by atoms with Crippen LogP contribution in [-0.2, 0) is 14.4 Å². The molecule has 1 aliphatic heterocycles. The molecule has 1 aliphatic rings. The standard InChI is InChI=1S/C6H7NO4/c8-5(1-2-6(9)10)7-3-4-11-7/h1-2H,3-4H2,(H,9,10)/b2-1+. The summed E-state index contributed by atoms with van der Waals surface area (Å²) < 4.78 is 0. The molecule has 1 rings (SSSR count). The number of amides is 1. The van der Waals surface area contributed by atoms with E-state index in [9.17, 15) is 9.59 Å². The lowest BCUT2D eigenvalue weighted by atomic mass is 10.4. The summed E-state index contributed by atoms with van der Waals surface area (Å²) in [6.07, 6.45) is 1.74. The molecule has 0 bridgehead atoms. The first-order valence-electron chi connectivity index (χ1n) is 3.05. The maximum Gasteiger partial charge on any atom is 0.328 e. The molecule has 0 aromatic heterocycles. The normalized spacial score (nSPS) is 16.5. The molecular weight excluding hydrogens is 150 g/mol. The Morgan fingerprint density at radius 2 is 2.09 bits per heavy atom. The van der Waals surface area contributed by atoms with Crippen LogP contribution in [-0.4, -0.2) is 35.2 Å². The van der Waals surface area contributed by atoms with Gasteiger partial charge >= 0.3 is 5.97 Å². The summed E-state index contributed by atoms with van der Waals surface area (Å²) in [5.74, 6) is -1.57. The van der Waals surface area contributed by atoms with Crippen LogP contribution in [0.1, 0.15) is 0 Å². The van der Waals surface area contributed by atoms with Gasteiger partial charge in [-0.1, -0.05) is 0 Å². The molecule has 0 atom stereocenters. The van der Waals surface area contributed by atoms with E-state index in [1.165, 1.54) is 0 Å². The van der Waals surface area contributed by atoms with Crippen molar-refractivity contribution in [3.63, 3.8) is 0 Å². The van der Waals surface area contributed by atoms with Gasteiger partial charge < -0.3 is 5.11 Å². The molecule has 1 heterocycles. The fraction of sp³-hybridized carbons (Fsp3) is 0.333. The Balaban J connectivity index is 2.36. The minimum atomic E-state index is -1.14. The van der Waals surface area contributed by atoms with Crippen molar-refractivity contribution in [2.45, 2.75) is 0 Å². The van der Waals surface area contributed by atoms with Gasteiger partial charge in [-0.3, -0.25) is 9.63 Å². The molecule has 0 unspecified atom stereocenters. The third-order valence-corrected chi connectivity index (χ3v) is 1.16. The third-order valence-electron chi connectivity index (χ3n) is 1.16. The Kier molecular flexibility index (Phi) is 2.22. The third kappa shape index (κ3) is 2.05. The van der Waals surface area contributed by atoms with Crippen LogP contribution in [0.4, 0.5) is 0 Å². The van der Waals surface area contributed by atoms with Gasteiger partial charge in [-0.15, -0.1) is 0 Å². The summed E-state index contributed by atoms with van der Waals surface area (Å²) in [5.41, 5.74) is 0. The first-order chi connectivity index (χ1) is 5.20. The topological polar surface area (TPSA) is 66.8 Å². The Labute approximate surface area is 62.8 Å². The summed E-state index contributed by atoms with van der Waals surface area (Å²) >= 11 is 0. The van der Waals surface area contributed by atoms with Gasteiger partial charge in [-0.25, -0.2) is 9.86 Å². The monoisotopic (exact) mass is 157 g/mol. The van der Waals surface area contributed by atoms with E-state index < -0.39 is 11.9 Å². The summed E-state index contributed by atoms with van der Waals surface area (Å²) in [6, 6.07) is 0. The average Bonchev–Trinajstić information content (AvgIpc) is 1.79. The van der Waals surface area contributed by atoms with E-state index in [2.05, 4.69) is 4.84 Å². The largest absolute Gasteiger partial charge is 0.478 e. The average molecular weight is 157 g/mol. The maximum atomic E-state index is 10.8. The van der Waals surface area contributed by atoms with Crippen molar-refractivity contribution < 1.29 is 19.5 Å². The maximum absolute atomic E-state index is 10.8. The van der Waals surface area contributed by atoms with E-state index >= 15 is 0 Å². The molecule has 0 spiro atoms. The summed E-state index contributed by atoms with van der Waals surface area (Å²) in [7, 11) is 0. The number of carbonyl (C=O) groups excluding carboxylic acids is 1. The second-order valence-corrected chi connectivity index (χ2v) is 1.95. The number of aliphatic carboxylic acids is 1. The number of carboxylic acid groups (broad SMARTS) is 1. The highest BCUT2D eigenvalue weighted by atomic mass is 16.7. The van der Waals surface area contributed by atoms with Crippen LogP contribution in [0.5, 0.6) is 0 Å². The number of carbonyl (C=O) groups is 2. The predicted molar refractivity (Wildman–Crippen MR) is 34.4 cm³/mol. The fourth-order valence-electron chi connectivity index (χ4n) is 0.582. The molecule has 1 amide bonds. The molecule has 5 nitrogen and oxygen atoms in total. The Morgan fingerprint density at radius 3 is 2.45 bits per heavy atom. The second-order valence-electron chi connectivity index (χ2n) is 1.95. The number of hydrogen-bond acceptors (Lipinski definition) is 3. The van der Waals surface area contributed by atoms with Crippen molar-refractivity contribution in [1.82, 2.24) is 5.06 Å². The van der Waals surface area contributed by atoms with Crippen molar-refractivity contribution in [2.24, 2.45) is 0 Å². The summed E-state index contributed by atoms with van der Waals surface area (Å²) in [5, 5.41) is 9.23. The van der Waals surface area contributed by atoms with Crippen LogP contribution >= 0.6 is 0 Å². The zero-order valence-electron chi connectivity index (χ0n) is 5.69. The molecule has 0 aromatic carbocycles. The van der Waals surface area contributed by atoms with E-state index in [0.29, 0.717) is 13.2 Å². The molecule has 0 radical (unpaired) electrons. The van der Waals surface area contributed by atoms with Crippen molar-refractivity contribution in [3.05, 3.63) is 12.2 Å². The van der Waals surface area contributed by atoms with Gasteiger partial charge in [0.15, 0.2) is 0 Å². The first kappa shape index (κ1) is 7.74. The molecular formula is C6H7NO4. The van der Waals surface area contributed by atoms with Crippen molar-refractivity contribution >= 4 is 11.9 Å². The van der Waals surface area contributed by atoms with Crippen molar-refractivity contribution in [1.29, 1.82) is 0 Å².